The lowest BCUT2D eigenvalue weighted by Gasteiger charge is -2.29. The number of piperidine rings is 1. The number of carbonyl (C=O) groups excluding carboxylic acids is 5. The third kappa shape index (κ3) is 6.37. The molecule has 51 heavy (non-hydrogen) atoms. The van der Waals surface area contributed by atoms with Crippen LogP contribution in [0.25, 0.3) is 21.9 Å². The first kappa shape index (κ1) is 33.4. The standard InChI is InChI=1S/C36H28F4N6O5/c37-32-24-17-46(28-11-12-29(47)44-34(28)50)35(51)23(24)9-10-26(32)43-30(48)15-20-8-7-19(14-25(20)36(38,39)40)16-42-31(49)18-45-27-6-2-1-4-21(27)22-5-3-13-41-33(22)45/h1-10,13-14,28H,11-12,15-18H2,(H,42,49)(H,43,48)(H,44,47,50). The molecule has 0 radical (unpaired) electrons. The van der Waals surface area contributed by atoms with Crippen molar-refractivity contribution in [3.05, 3.63) is 107 Å². The summed E-state index contributed by atoms with van der Waals surface area (Å²) in [5, 5.41) is 8.87. The molecule has 2 aliphatic rings. The summed E-state index contributed by atoms with van der Waals surface area (Å²) in [6.07, 6.45) is -3.90. The lowest BCUT2D eigenvalue weighted by Crippen LogP contribution is -2.52. The molecule has 1 atom stereocenters. The Balaban J connectivity index is 1.02. The van der Waals surface area contributed by atoms with Crippen LogP contribution in [0.1, 0.15) is 45.5 Å². The number of nitrogens with one attached hydrogen (secondary N) is 3. The molecule has 0 spiro atoms. The van der Waals surface area contributed by atoms with Crippen molar-refractivity contribution in [1.29, 1.82) is 0 Å². The second-order valence-electron chi connectivity index (χ2n) is 12.3. The van der Waals surface area contributed by atoms with Gasteiger partial charge in [-0.2, -0.15) is 13.2 Å². The Morgan fingerprint density at radius 3 is 2.53 bits per heavy atom. The molecular formula is C36H28F4N6O5. The van der Waals surface area contributed by atoms with E-state index in [2.05, 4.69) is 20.9 Å². The van der Waals surface area contributed by atoms with Crippen molar-refractivity contribution in [2.75, 3.05) is 5.32 Å². The Bertz CT molecular complexity index is 2230. The van der Waals surface area contributed by atoms with Crippen LogP contribution in [0.3, 0.4) is 0 Å². The first-order valence-corrected chi connectivity index (χ1v) is 15.9. The Labute approximate surface area is 286 Å². The van der Waals surface area contributed by atoms with Gasteiger partial charge in [0.05, 0.1) is 29.7 Å². The molecular weight excluding hydrogens is 672 g/mol. The molecule has 1 saturated heterocycles. The van der Waals surface area contributed by atoms with Crippen LogP contribution < -0.4 is 16.0 Å². The molecule has 0 bridgehead atoms. The van der Waals surface area contributed by atoms with Gasteiger partial charge in [0.1, 0.15) is 18.2 Å². The van der Waals surface area contributed by atoms with Crippen molar-refractivity contribution in [3.8, 4) is 0 Å². The van der Waals surface area contributed by atoms with Gasteiger partial charge in [0.2, 0.25) is 23.6 Å². The quantitative estimate of drug-likeness (QED) is 0.160. The number of anilines is 1. The number of fused-ring (bicyclic) bond motifs is 4. The molecule has 1 unspecified atom stereocenters. The third-order valence-corrected chi connectivity index (χ3v) is 9.07. The summed E-state index contributed by atoms with van der Waals surface area (Å²) in [6.45, 7) is -0.622. The Kier molecular flexibility index (Phi) is 8.49. The van der Waals surface area contributed by atoms with E-state index in [1.165, 1.54) is 12.1 Å². The van der Waals surface area contributed by atoms with Crippen molar-refractivity contribution in [1.82, 2.24) is 25.1 Å². The molecule has 7 rings (SSSR count). The van der Waals surface area contributed by atoms with Crippen LogP contribution in [-0.4, -0.2) is 50.0 Å². The van der Waals surface area contributed by atoms with E-state index < -0.39 is 59.6 Å². The molecule has 3 aromatic carbocycles. The predicted octanol–water partition coefficient (Wildman–Crippen LogP) is 4.61. The first-order valence-electron chi connectivity index (χ1n) is 15.9. The molecule has 15 heteroatoms. The van der Waals surface area contributed by atoms with Gasteiger partial charge in [-0.1, -0.05) is 30.3 Å². The van der Waals surface area contributed by atoms with Gasteiger partial charge in [0, 0.05) is 41.1 Å². The summed E-state index contributed by atoms with van der Waals surface area (Å²) >= 11 is 0. The van der Waals surface area contributed by atoms with E-state index >= 15 is 4.39 Å². The van der Waals surface area contributed by atoms with Gasteiger partial charge in [-0.05, 0) is 53.9 Å². The lowest BCUT2D eigenvalue weighted by molar-refractivity contribution is -0.139. The number of para-hydroxylation sites is 1. The fraction of sp³-hybridized carbons (Fsp3) is 0.222. The number of pyridine rings is 1. The summed E-state index contributed by atoms with van der Waals surface area (Å²) in [5.74, 6) is -4.11. The number of aromatic nitrogens is 2. The van der Waals surface area contributed by atoms with Crippen LogP contribution in [0, 0.1) is 5.82 Å². The van der Waals surface area contributed by atoms with Gasteiger partial charge in [-0.15, -0.1) is 0 Å². The van der Waals surface area contributed by atoms with Crippen LogP contribution in [-0.2, 0) is 51.4 Å². The highest BCUT2D eigenvalue weighted by atomic mass is 19.4. The van der Waals surface area contributed by atoms with E-state index in [1.54, 1.807) is 16.8 Å². The summed E-state index contributed by atoms with van der Waals surface area (Å²) < 4.78 is 59.8. The zero-order valence-corrected chi connectivity index (χ0v) is 26.6. The van der Waals surface area contributed by atoms with Crippen molar-refractivity contribution in [3.63, 3.8) is 0 Å². The number of imide groups is 1. The lowest BCUT2D eigenvalue weighted by atomic mass is 10.00. The number of halogens is 4. The van der Waals surface area contributed by atoms with E-state index in [0.717, 1.165) is 39.4 Å². The molecule has 2 aromatic heterocycles. The Hall–Kier alpha value is -6.12. The summed E-state index contributed by atoms with van der Waals surface area (Å²) in [6, 6.07) is 15.9. The zero-order chi connectivity index (χ0) is 36.0. The number of amides is 5. The number of hydrogen-bond acceptors (Lipinski definition) is 6. The molecule has 4 heterocycles. The largest absolute Gasteiger partial charge is 0.416 e. The van der Waals surface area contributed by atoms with E-state index in [0.29, 0.717) is 5.65 Å². The number of alkyl halides is 3. The van der Waals surface area contributed by atoms with E-state index in [-0.39, 0.29) is 60.4 Å². The fourth-order valence-electron chi connectivity index (χ4n) is 6.65. The van der Waals surface area contributed by atoms with Crippen molar-refractivity contribution < 1.29 is 41.5 Å². The summed E-state index contributed by atoms with van der Waals surface area (Å²) in [7, 11) is 0. The molecule has 3 N–H and O–H groups in total. The molecule has 5 aromatic rings. The van der Waals surface area contributed by atoms with Gasteiger partial charge in [0.15, 0.2) is 5.82 Å². The maximum absolute atomic E-state index is 15.5. The van der Waals surface area contributed by atoms with E-state index in [9.17, 15) is 37.1 Å². The average Bonchev–Trinajstić information content (AvgIpc) is 3.60. The molecule has 0 aliphatic carbocycles. The Morgan fingerprint density at radius 1 is 0.961 bits per heavy atom. The highest BCUT2D eigenvalue weighted by molar-refractivity contribution is 6.07. The number of nitrogens with zero attached hydrogens (tertiary/aromatic N) is 3. The second kappa shape index (κ2) is 13.0. The van der Waals surface area contributed by atoms with Gasteiger partial charge in [0.25, 0.3) is 5.91 Å². The van der Waals surface area contributed by atoms with Crippen LogP contribution in [0.4, 0.5) is 23.2 Å². The van der Waals surface area contributed by atoms with Crippen molar-refractivity contribution >= 4 is 57.2 Å². The third-order valence-electron chi connectivity index (χ3n) is 9.07. The minimum absolute atomic E-state index is 0.0113. The smallest absolute Gasteiger partial charge is 0.350 e. The number of rotatable bonds is 8. The van der Waals surface area contributed by atoms with Crippen molar-refractivity contribution in [2.24, 2.45) is 0 Å². The number of benzene rings is 3. The molecule has 1 fully saturated rings. The normalized spacial score (nSPS) is 16.0. The monoisotopic (exact) mass is 700 g/mol. The van der Waals surface area contributed by atoms with Gasteiger partial charge in [-0.25, -0.2) is 9.37 Å². The van der Waals surface area contributed by atoms with Crippen LogP contribution in [0.5, 0.6) is 0 Å². The molecule has 5 amide bonds. The van der Waals surface area contributed by atoms with Crippen LogP contribution in [0.2, 0.25) is 0 Å². The molecule has 260 valence electrons. The maximum Gasteiger partial charge on any atom is 0.416 e. The van der Waals surface area contributed by atoms with Crippen LogP contribution in [0.15, 0.2) is 72.9 Å². The number of hydrogen-bond donors (Lipinski definition) is 3. The van der Waals surface area contributed by atoms with Crippen molar-refractivity contribution in [2.45, 2.75) is 51.1 Å². The van der Waals surface area contributed by atoms with Gasteiger partial charge < -0.3 is 20.1 Å². The van der Waals surface area contributed by atoms with E-state index in [4.69, 9.17) is 0 Å². The second-order valence-corrected chi connectivity index (χ2v) is 12.3. The summed E-state index contributed by atoms with van der Waals surface area (Å²) in [5.41, 5.74) is -0.381. The average molecular weight is 701 g/mol. The molecule has 2 aliphatic heterocycles. The molecule has 0 saturated carbocycles. The van der Waals surface area contributed by atoms with E-state index in [1.807, 2.05) is 30.3 Å². The maximum atomic E-state index is 15.5. The zero-order valence-electron chi connectivity index (χ0n) is 26.6. The van der Waals surface area contributed by atoms with Crippen LogP contribution >= 0.6 is 0 Å². The SMILES string of the molecule is O=C(Cn1c2ccccc2c2cccnc21)NCc1ccc(CC(=O)Nc2ccc3c(c2F)CN(C2CCC(=O)NC2=O)C3=O)c(C(F)(F)F)c1. The molecule has 11 nitrogen and oxygen atoms in total. The fourth-order valence-corrected chi connectivity index (χ4v) is 6.65. The predicted molar refractivity (Wildman–Crippen MR) is 175 cm³/mol. The number of carbonyl (C=O) groups is 5. The first-order chi connectivity index (χ1) is 24.4. The highest BCUT2D eigenvalue weighted by Gasteiger charge is 2.41. The van der Waals surface area contributed by atoms with Gasteiger partial charge >= 0.3 is 6.18 Å². The van der Waals surface area contributed by atoms with Gasteiger partial charge in [-0.3, -0.25) is 29.3 Å². The Morgan fingerprint density at radius 2 is 1.75 bits per heavy atom. The highest BCUT2D eigenvalue weighted by Crippen LogP contribution is 2.35. The summed E-state index contributed by atoms with van der Waals surface area (Å²) in [4.78, 5) is 68.2. The minimum atomic E-state index is -4.84. The topological polar surface area (TPSA) is 142 Å². The minimum Gasteiger partial charge on any atom is -0.350 e.